The number of carboxylic acids is 1. The summed E-state index contributed by atoms with van der Waals surface area (Å²) in [4.78, 5) is 35.1. The van der Waals surface area contributed by atoms with Gasteiger partial charge >= 0.3 is 11.9 Å². The van der Waals surface area contributed by atoms with Crippen LogP contribution in [0.3, 0.4) is 0 Å². The third-order valence-electron chi connectivity index (χ3n) is 2.57. The minimum absolute atomic E-state index is 0.261. The fourth-order valence-electron chi connectivity index (χ4n) is 1.60. The summed E-state index contributed by atoms with van der Waals surface area (Å²) in [5.74, 6) is -2.46. The predicted octanol–water partition coefficient (Wildman–Crippen LogP) is -0.155. The average Bonchev–Trinajstić information content (AvgIpc) is 2.45. The second kappa shape index (κ2) is 7.25. The van der Waals surface area contributed by atoms with Crippen LogP contribution in [0, 0.1) is 0 Å². The first kappa shape index (κ1) is 15.6. The van der Waals surface area contributed by atoms with E-state index >= 15 is 0 Å². The van der Waals surface area contributed by atoms with Crippen molar-refractivity contribution in [1.29, 1.82) is 0 Å². The van der Waals surface area contributed by atoms with Gasteiger partial charge in [-0.15, -0.1) is 0 Å². The molecule has 0 aliphatic carbocycles. The normalized spacial score (nSPS) is 9.90. The van der Waals surface area contributed by atoms with Gasteiger partial charge in [0.15, 0.2) is 0 Å². The van der Waals surface area contributed by atoms with Gasteiger partial charge in [0.1, 0.15) is 13.1 Å². The number of aliphatic carboxylic acids is 1. The van der Waals surface area contributed by atoms with Crippen LogP contribution in [-0.4, -0.2) is 48.1 Å². The number of amides is 1. The zero-order valence-electron chi connectivity index (χ0n) is 11.0. The molecule has 0 aliphatic heterocycles. The molecule has 0 heterocycles. The lowest BCUT2D eigenvalue weighted by atomic mass is 10.1. The minimum atomic E-state index is -1.21. The molecule has 0 radical (unpaired) electrons. The quantitative estimate of drug-likeness (QED) is 0.701. The molecule has 7 nitrogen and oxygen atoms in total. The summed E-state index contributed by atoms with van der Waals surface area (Å²) < 4.78 is 4.45. The van der Waals surface area contributed by atoms with Gasteiger partial charge in [-0.1, -0.05) is 12.1 Å². The number of hydrogen-bond donors (Lipinski definition) is 2. The molecule has 1 aromatic rings. The van der Waals surface area contributed by atoms with Crippen molar-refractivity contribution >= 4 is 17.8 Å². The lowest BCUT2D eigenvalue weighted by molar-refractivity contribution is -0.143. The number of methoxy groups -OCH3 is 1. The molecule has 0 unspecified atom stereocenters. The van der Waals surface area contributed by atoms with E-state index in [4.69, 9.17) is 10.8 Å². The van der Waals surface area contributed by atoms with Crippen LogP contribution in [0.4, 0.5) is 0 Å². The van der Waals surface area contributed by atoms with Gasteiger partial charge in [-0.3, -0.25) is 14.4 Å². The van der Waals surface area contributed by atoms with Crippen molar-refractivity contribution in [2.75, 3.05) is 20.2 Å². The van der Waals surface area contributed by atoms with Crippen molar-refractivity contribution in [1.82, 2.24) is 4.90 Å². The van der Waals surface area contributed by atoms with E-state index in [0.717, 1.165) is 10.5 Å². The maximum Gasteiger partial charge on any atom is 0.325 e. The van der Waals surface area contributed by atoms with Gasteiger partial charge in [-0.05, 0) is 17.7 Å². The van der Waals surface area contributed by atoms with Crippen molar-refractivity contribution in [3.8, 4) is 0 Å². The third-order valence-corrected chi connectivity index (χ3v) is 2.57. The van der Waals surface area contributed by atoms with Crippen molar-refractivity contribution in [2.45, 2.75) is 6.54 Å². The molecule has 1 aromatic carbocycles. The Hall–Kier alpha value is -2.41. The first-order valence-corrected chi connectivity index (χ1v) is 5.84. The summed E-state index contributed by atoms with van der Waals surface area (Å²) in [5, 5.41) is 8.80. The average molecular weight is 280 g/mol. The van der Waals surface area contributed by atoms with Gasteiger partial charge in [-0.25, -0.2) is 0 Å². The maximum atomic E-state index is 12.2. The van der Waals surface area contributed by atoms with Crippen LogP contribution in [-0.2, 0) is 20.9 Å². The summed E-state index contributed by atoms with van der Waals surface area (Å²) in [6, 6.07) is 6.49. The van der Waals surface area contributed by atoms with Crippen LogP contribution < -0.4 is 5.73 Å². The Morgan fingerprint density at radius 2 is 2.00 bits per heavy atom. The van der Waals surface area contributed by atoms with Crippen LogP contribution in [0.15, 0.2) is 24.3 Å². The molecule has 0 saturated carbocycles. The highest BCUT2D eigenvalue weighted by molar-refractivity contribution is 5.97. The molecule has 0 fully saturated rings. The Balaban J connectivity index is 2.96. The molecule has 0 spiro atoms. The second-order valence-electron chi connectivity index (χ2n) is 4.04. The van der Waals surface area contributed by atoms with Gasteiger partial charge in [-0.2, -0.15) is 0 Å². The second-order valence-corrected chi connectivity index (χ2v) is 4.04. The van der Waals surface area contributed by atoms with Crippen LogP contribution in [0.5, 0.6) is 0 Å². The molecule has 0 atom stereocenters. The number of nitrogens with zero attached hydrogens (tertiary/aromatic N) is 1. The Morgan fingerprint density at radius 1 is 1.30 bits per heavy atom. The van der Waals surface area contributed by atoms with Crippen molar-refractivity contribution in [3.63, 3.8) is 0 Å². The van der Waals surface area contributed by atoms with Crippen molar-refractivity contribution in [3.05, 3.63) is 35.4 Å². The highest BCUT2D eigenvalue weighted by Crippen LogP contribution is 2.08. The molecule has 20 heavy (non-hydrogen) atoms. The lowest BCUT2D eigenvalue weighted by Crippen LogP contribution is -2.39. The fraction of sp³-hybridized carbons (Fsp3) is 0.308. The highest BCUT2D eigenvalue weighted by Gasteiger charge is 2.21. The van der Waals surface area contributed by atoms with Crippen LogP contribution in [0.1, 0.15) is 15.9 Å². The molecule has 0 bridgehead atoms. The van der Waals surface area contributed by atoms with Crippen molar-refractivity contribution in [2.24, 2.45) is 5.73 Å². The SMILES string of the molecule is COC(=O)CN(CC(=O)O)C(=O)c1cccc(CN)c1. The summed E-state index contributed by atoms with van der Waals surface area (Å²) in [6.45, 7) is -0.744. The maximum absolute atomic E-state index is 12.2. The van der Waals surface area contributed by atoms with E-state index in [-0.39, 0.29) is 12.1 Å². The number of nitrogens with two attached hydrogens (primary N) is 1. The van der Waals surface area contributed by atoms with Crippen LogP contribution in [0.25, 0.3) is 0 Å². The number of carbonyl (C=O) groups excluding carboxylic acids is 2. The molecular formula is C13H16N2O5. The number of rotatable bonds is 6. The van der Waals surface area contributed by atoms with Crippen LogP contribution >= 0.6 is 0 Å². The highest BCUT2D eigenvalue weighted by atomic mass is 16.5. The summed E-state index contributed by atoms with van der Waals surface area (Å²) in [5.41, 5.74) is 6.50. The minimum Gasteiger partial charge on any atom is -0.480 e. The van der Waals surface area contributed by atoms with E-state index < -0.39 is 30.9 Å². The molecule has 0 saturated heterocycles. The van der Waals surface area contributed by atoms with E-state index in [1.165, 1.54) is 13.2 Å². The van der Waals surface area contributed by atoms with Gasteiger partial charge in [0.2, 0.25) is 0 Å². The topological polar surface area (TPSA) is 110 Å². The first-order chi connectivity index (χ1) is 9.47. The summed E-state index contributed by atoms with van der Waals surface area (Å²) >= 11 is 0. The molecule has 0 aromatic heterocycles. The lowest BCUT2D eigenvalue weighted by Gasteiger charge is -2.19. The van der Waals surface area contributed by atoms with Crippen LogP contribution in [0.2, 0.25) is 0 Å². The van der Waals surface area contributed by atoms with Gasteiger partial charge in [0.25, 0.3) is 5.91 Å². The number of carbonyl (C=O) groups is 3. The largest absolute Gasteiger partial charge is 0.480 e. The monoisotopic (exact) mass is 280 g/mol. The number of carboxylic acid groups (broad SMARTS) is 1. The van der Waals surface area contributed by atoms with Crippen molar-refractivity contribution < 1.29 is 24.2 Å². The van der Waals surface area contributed by atoms with E-state index in [9.17, 15) is 14.4 Å². The number of ether oxygens (including phenoxy) is 1. The van der Waals surface area contributed by atoms with E-state index in [1.807, 2.05) is 0 Å². The predicted molar refractivity (Wildman–Crippen MR) is 69.9 cm³/mol. The molecule has 1 amide bonds. The Morgan fingerprint density at radius 3 is 2.55 bits per heavy atom. The third kappa shape index (κ3) is 4.36. The number of hydrogen-bond acceptors (Lipinski definition) is 5. The molecule has 0 aliphatic rings. The van der Waals surface area contributed by atoms with E-state index in [2.05, 4.69) is 4.74 Å². The Kier molecular flexibility index (Phi) is 5.67. The summed E-state index contributed by atoms with van der Waals surface area (Å²) in [6.07, 6.45) is 0. The molecule has 7 heteroatoms. The van der Waals surface area contributed by atoms with Gasteiger partial charge < -0.3 is 20.5 Å². The first-order valence-electron chi connectivity index (χ1n) is 5.84. The molecule has 108 valence electrons. The Labute approximate surface area is 115 Å². The van der Waals surface area contributed by atoms with Gasteiger partial charge in [0, 0.05) is 12.1 Å². The van der Waals surface area contributed by atoms with E-state index in [1.54, 1.807) is 18.2 Å². The summed E-state index contributed by atoms with van der Waals surface area (Å²) in [7, 11) is 1.17. The zero-order valence-corrected chi connectivity index (χ0v) is 11.0. The fourth-order valence-corrected chi connectivity index (χ4v) is 1.60. The molecule has 1 rings (SSSR count). The van der Waals surface area contributed by atoms with Gasteiger partial charge in [0.05, 0.1) is 7.11 Å². The molecular weight excluding hydrogens is 264 g/mol. The standard InChI is InChI=1S/C13H16N2O5/c1-20-12(18)8-15(7-11(16)17)13(19)10-4-2-3-9(5-10)6-14/h2-5H,6-8,14H2,1H3,(H,16,17). The Bertz CT molecular complexity index is 515. The smallest absolute Gasteiger partial charge is 0.325 e. The number of benzene rings is 1. The molecule has 3 N–H and O–H groups in total. The van der Waals surface area contributed by atoms with E-state index in [0.29, 0.717) is 0 Å². The zero-order chi connectivity index (χ0) is 15.1. The number of esters is 1.